The van der Waals surface area contributed by atoms with E-state index in [2.05, 4.69) is 28.0 Å². The third-order valence-corrected chi connectivity index (χ3v) is 5.99. The molecule has 0 aromatic heterocycles. The molecule has 5 rings (SSSR count). The van der Waals surface area contributed by atoms with Gasteiger partial charge in [0.2, 0.25) is 0 Å². The van der Waals surface area contributed by atoms with Gasteiger partial charge in [-0.2, -0.15) is 0 Å². The van der Waals surface area contributed by atoms with Gasteiger partial charge >= 0.3 is 5.97 Å². The van der Waals surface area contributed by atoms with Crippen LogP contribution in [0.1, 0.15) is 31.2 Å². The van der Waals surface area contributed by atoms with Gasteiger partial charge in [-0.1, -0.05) is 24.3 Å². The molecular formula is C21H18N2O3. The van der Waals surface area contributed by atoms with Crippen LogP contribution in [0.4, 0.5) is 5.69 Å². The number of piperidine rings is 1. The Morgan fingerprint density at radius 2 is 2.04 bits per heavy atom. The summed E-state index contributed by atoms with van der Waals surface area (Å²) in [5.41, 5.74) is 2.55. The van der Waals surface area contributed by atoms with E-state index >= 15 is 0 Å². The molecule has 0 saturated carbocycles. The number of benzene rings is 1. The summed E-state index contributed by atoms with van der Waals surface area (Å²) in [6, 6.07) is 7.43. The number of esters is 1. The minimum atomic E-state index is -0.508. The van der Waals surface area contributed by atoms with Crippen molar-refractivity contribution in [3.8, 4) is 11.8 Å². The van der Waals surface area contributed by atoms with Crippen LogP contribution in [0.2, 0.25) is 0 Å². The summed E-state index contributed by atoms with van der Waals surface area (Å²) in [6.07, 6.45) is 8.12. The average molecular weight is 346 g/mol. The van der Waals surface area contributed by atoms with Gasteiger partial charge in [-0.3, -0.25) is 4.90 Å². The van der Waals surface area contributed by atoms with Crippen molar-refractivity contribution >= 4 is 11.7 Å². The highest BCUT2D eigenvalue weighted by molar-refractivity contribution is 5.90. The van der Waals surface area contributed by atoms with E-state index in [-0.39, 0.29) is 18.1 Å². The molecule has 1 aromatic carbocycles. The molecule has 0 N–H and O–H groups in total. The highest BCUT2D eigenvalue weighted by atomic mass is 16.6. The van der Waals surface area contributed by atoms with E-state index in [1.807, 2.05) is 0 Å². The molecule has 4 aliphatic rings. The van der Waals surface area contributed by atoms with Crippen LogP contribution in [-0.2, 0) is 9.53 Å². The quantitative estimate of drug-likeness (QED) is 0.445. The maximum absolute atomic E-state index is 12.1. The number of nitroso groups, excluding NO2 is 1. The second-order valence-electron chi connectivity index (χ2n) is 7.36. The second kappa shape index (κ2) is 5.65. The maximum atomic E-state index is 12.1. The molecule has 3 atom stereocenters. The summed E-state index contributed by atoms with van der Waals surface area (Å²) in [6.45, 7) is 1.05. The lowest BCUT2D eigenvalue weighted by molar-refractivity contribution is -0.148. The fraction of sp³-hybridized carbons (Fsp3) is 0.381. The van der Waals surface area contributed by atoms with Crippen LogP contribution in [0.5, 0.6) is 0 Å². The van der Waals surface area contributed by atoms with E-state index in [1.165, 1.54) is 12.8 Å². The number of fused-ring (bicyclic) bond motifs is 3. The molecule has 0 amide bonds. The molecule has 3 aliphatic heterocycles. The van der Waals surface area contributed by atoms with Crippen molar-refractivity contribution in [2.45, 2.75) is 43.4 Å². The minimum Gasteiger partial charge on any atom is -0.449 e. The normalized spacial score (nSPS) is 31.8. The molecule has 2 saturated heterocycles. The van der Waals surface area contributed by atoms with Gasteiger partial charge in [0.15, 0.2) is 5.60 Å². The number of hydrogen-bond acceptors (Lipinski definition) is 5. The molecule has 3 heterocycles. The Labute approximate surface area is 151 Å². The molecule has 1 aliphatic carbocycles. The van der Waals surface area contributed by atoms with E-state index in [0.717, 1.165) is 36.1 Å². The highest BCUT2D eigenvalue weighted by Gasteiger charge is 2.61. The molecule has 130 valence electrons. The summed E-state index contributed by atoms with van der Waals surface area (Å²) >= 11 is 0. The molecule has 5 nitrogen and oxygen atoms in total. The maximum Gasteiger partial charge on any atom is 0.332 e. The third kappa shape index (κ3) is 2.19. The first-order chi connectivity index (χ1) is 12.7. The van der Waals surface area contributed by atoms with Crippen molar-refractivity contribution in [3.05, 3.63) is 58.0 Å². The number of hydrogen-bond donors (Lipinski definition) is 0. The van der Waals surface area contributed by atoms with E-state index in [9.17, 15) is 9.70 Å². The monoisotopic (exact) mass is 346 g/mol. The largest absolute Gasteiger partial charge is 0.449 e. The lowest BCUT2D eigenvalue weighted by Crippen LogP contribution is -2.48. The first-order valence-corrected chi connectivity index (χ1v) is 9.08. The van der Waals surface area contributed by atoms with Gasteiger partial charge in [0, 0.05) is 35.2 Å². The van der Waals surface area contributed by atoms with Crippen molar-refractivity contribution in [3.63, 3.8) is 0 Å². The highest BCUT2D eigenvalue weighted by Crippen LogP contribution is 2.53. The Balaban J connectivity index is 1.53. The van der Waals surface area contributed by atoms with Crippen LogP contribution in [0.3, 0.4) is 0 Å². The molecule has 0 radical (unpaired) electrons. The Hall–Kier alpha value is -2.71. The number of ether oxygens (including phenoxy) is 1. The van der Waals surface area contributed by atoms with Gasteiger partial charge in [-0.15, -0.1) is 4.91 Å². The summed E-state index contributed by atoms with van der Waals surface area (Å²) < 4.78 is 5.90. The first-order valence-electron chi connectivity index (χ1n) is 9.08. The van der Waals surface area contributed by atoms with Crippen LogP contribution in [0.25, 0.3) is 0 Å². The zero-order valence-electron chi connectivity index (χ0n) is 14.3. The van der Waals surface area contributed by atoms with Crippen molar-refractivity contribution in [1.29, 1.82) is 0 Å². The third-order valence-electron chi connectivity index (χ3n) is 5.99. The molecule has 2 fully saturated rings. The zero-order valence-corrected chi connectivity index (χ0v) is 14.3. The first kappa shape index (κ1) is 15.5. The molecule has 5 heteroatoms. The molecule has 1 aromatic rings. The van der Waals surface area contributed by atoms with E-state index in [4.69, 9.17) is 4.74 Å². The topological polar surface area (TPSA) is 59.0 Å². The van der Waals surface area contributed by atoms with E-state index in [0.29, 0.717) is 5.69 Å². The predicted octanol–water partition coefficient (Wildman–Crippen LogP) is 3.22. The lowest BCUT2D eigenvalue weighted by atomic mass is 9.77. The SMILES string of the molecule is O=Nc1ccc(C#CC2=CC3CC4(OC(=O)C=C24)C2CCCCN32)cc1. The fourth-order valence-corrected chi connectivity index (χ4v) is 4.92. The van der Waals surface area contributed by atoms with Gasteiger partial charge in [0.25, 0.3) is 0 Å². The van der Waals surface area contributed by atoms with Crippen LogP contribution < -0.4 is 0 Å². The Kier molecular flexibility index (Phi) is 3.38. The van der Waals surface area contributed by atoms with Crippen molar-refractivity contribution in [1.82, 2.24) is 4.90 Å². The Bertz CT molecular complexity index is 919. The van der Waals surface area contributed by atoms with Crippen molar-refractivity contribution in [2.75, 3.05) is 6.54 Å². The van der Waals surface area contributed by atoms with Gasteiger partial charge in [-0.25, -0.2) is 4.79 Å². The van der Waals surface area contributed by atoms with E-state index in [1.54, 1.807) is 30.3 Å². The predicted molar refractivity (Wildman–Crippen MR) is 96.5 cm³/mol. The smallest absolute Gasteiger partial charge is 0.332 e. The molecule has 2 bridgehead atoms. The van der Waals surface area contributed by atoms with Gasteiger partial charge in [0.1, 0.15) is 5.69 Å². The number of rotatable bonds is 1. The van der Waals surface area contributed by atoms with Crippen LogP contribution in [-0.4, -0.2) is 35.1 Å². The van der Waals surface area contributed by atoms with Crippen molar-refractivity contribution < 1.29 is 9.53 Å². The van der Waals surface area contributed by atoms with Crippen LogP contribution in [0.15, 0.2) is 52.7 Å². The molecule has 3 unspecified atom stereocenters. The number of carbonyl (C=O) groups is 1. The van der Waals surface area contributed by atoms with Crippen molar-refractivity contribution in [2.24, 2.45) is 5.18 Å². The minimum absolute atomic E-state index is 0.248. The number of nitrogens with zero attached hydrogens (tertiary/aromatic N) is 2. The fourth-order valence-electron chi connectivity index (χ4n) is 4.92. The average Bonchev–Trinajstić information content (AvgIpc) is 3.15. The van der Waals surface area contributed by atoms with Crippen LogP contribution >= 0.6 is 0 Å². The number of carbonyl (C=O) groups excluding carboxylic acids is 1. The summed E-state index contributed by atoms with van der Waals surface area (Å²) in [5.74, 6) is 6.15. The Morgan fingerprint density at radius 3 is 2.85 bits per heavy atom. The molecular weight excluding hydrogens is 328 g/mol. The molecule has 26 heavy (non-hydrogen) atoms. The second-order valence-corrected chi connectivity index (χ2v) is 7.36. The summed E-state index contributed by atoms with van der Waals surface area (Å²) in [4.78, 5) is 25.1. The zero-order chi connectivity index (χ0) is 17.7. The summed E-state index contributed by atoms with van der Waals surface area (Å²) in [7, 11) is 0. The van der Waals surface area contributed by atoms with Gasteiger partial charge in [0.05, 0.1) is 6.04 Å². The van der Waals surface area contributed by atoms with Crippen LogP contribution in [0, 0.1) is 16.7 Å². The lowest BCUT2D eigenvalue weighted by Gasteiger charge is -2.38. The standard InChI is InChI=1S/C21H18N2O3/c24-20-12-18-15(7-4-14-5-8-16(22-25)9-6-14)11-17-13-21(18,26-20)19-3-1-2-10-23(17)19/h5-6,8-9,11-12,17,19H,1-3,10,13H2. The molecule has 1 spiro atoms. The van der Waals surface area contributed by atoms with Gasteiger partial charge < -0.3 is 4.74 Å². The van der Waals surface area contributed by atoms with E-state index < -0.39 is 5.60 Å². The van der Waals surface area contributed by atoms with Gasteiger partial charge in [-0.05, 0) is 48.8 Å². The Morgan fingerprint density at radius 1 is 1.19 bits per heavy atom. The summed E-state index contributed by atoms with van der Waals surface area (Å²) in [5, 5.41) is 2.90.